The van der Waals surface area contributed by atoms with Crippen molar-refractivity contribution in [2.45, 2.75) is 6.42 Å². The lowest BCUT2D eigenvalue weighted by Gasteiger charge is -2.15. The van der Waals surface area contributed by atoms with E-state index in [4.69, 9.17) is 10.00 Å². The van der Waals surface area contributed by atoms with Crippen molar-refractivity contribution in [1.29, 1.82) is 5.26 Å². The molecule has 5 nitrogen and oxygen atoms in total. The molecule has 0 bridgehead atoms. The van der Waals surface area contributed by atoms with Crippen LogP contribution in [-0.2, 0) is 9.53 Å². The average Bonchev–Trinajstić information content (AvgIpc) is 2.86. The number of methoxy groups -OCH3 is 1. The molecule has 5 heteroatoms. The fourth-order valence-electron chi connectivity index (χ4n) is 2.50. The van der Waals surface area contributed by atoms with Crippen LogP contribution in [0.5, 0.6) is 0 Å². The smallest absolute Gasteiger partial charge is 0.238 e. The Morgan fingerprint density at radius 1 is 1.60 bits per heavy atom. The monoisotopic (exact) mass is 273 g/mol. The zero-order valence-electron chi connectivity index (χ0n) is 11.6. The van der Waals surface area contributed by atoms with Gasteiger partial charge in [-0.05, 0) is 37.1 Å². The SMILES string of the molecule is COCC1CCN(CC(=O)Nc2cccc(C#N)c2)C1. The summed E-state index contributed by atoms with van der Waals surface area (Å²) >= 11 is 0. The third kappa shape index (κ3) is 4.05. The van der Waals surface area contributed by atoms with Gasteiger partial charge in [-0.3, -0.25) is 9.69 Å². The molecule has 1 aliphatic heterocycles. The molecule has 106 valence electrons. The number of ether oxygens (including phenoxy) is 1. The zero-order chi connectivity index (χ0) is 14.4. The van der Waals surface area contributed by atoms with E-state index in [1.807, 2.05) is 0 Å². The van der Waals surface area contributed by atoms with Crippen LogP contribution in [0.25, 0.3) is 0 Å². The lowest BCUT2D eigenvalue weighted by atomic mass is 10.1. The van der Waals surface area contributed by atoms with Crippen LogP contribution >= 0.6 is 0 Å². The third-order valence-corrected chi connectivity index (χ3v) is 3.41. The second-order valence-electron chi connectivity index (χ2n) is 5.09. The van der Waals surface area contributed by atoms with Crippen LogP contribution in [0.3, 0.4) is 0 Å². The number of carbonyl (C=O) groups is 1. The number of nitriles is 1. The number of nitrogens with zero attached hydrogens (tertiary/aromatic N) is 2. The number of amides is 1. The van der Waals surface area contributed by atoms with Crippen LogP contribution in [0.2, 0.25) is 0 Å². The van der Waals surface area contributed by atoms with E-state index >= 15 is 0 Å². The van der Waals surface area contributed by atoms with E-state index in [1.54, 1.807) is 31.4 Å². The second-order valence-corrected chi connectivity index (χ2v) is 5.09. The van der Waals surface area contributed by atoms with Gasteiger partial charge in [0.25, 0.3) is 0 Å². The molecule has 1 aromatic carbocycles. The topological polar surface area (TPSA) is 65.4 Å². The van der Waals surface area contributed by atoms with Gasteiger partial charge in [0.05, 0.1) is 24.8 Å². The van der Waals surface area contributed by atoms with Crippen LogP contribution in [-0.4, -0.2) is 44.2 Å². The summed E-state index contributed by atoms with van der Waals surface area (Å²) in [4.78, 5) is 14.1. The van der Waals surface area contributed by atoms with Crippen LogP contribution in [0.4, 0.5) is 5.69 Å². The Hall–Kier alpha value is -1.90. The number of carbonyl (C=O) groups excluding carboxylic acids is 1. The highest BCUT2D eigenvalue weighted by atomic mass is 16.5. The van der Waals surface area contributed by atoms with Crippen molar-refractivity contribution >= 4 is 11.6 Å². The molecule has 1 N–H and O–H groups in total. The van der Waals surface area contributed by atoms with Crippen molar-refractivity contribution in [2.24, 2.45) is 5.92 Å². The van der Waals surface area contributed by atoms with Crippen molar-refractivity contribution < 1.29 is 9.53 Å². The Labute approximate surface area is 119 Å². The number of anilines is 1. The van der Waals surface area contributed by atoms with E-state index < -0.39 is 0 Å². The molecule has 1 amide bonds. The highest BCUT2D eigenvalue weighted by molar-refractivity contribution is 5.92. The van der Waals surface area contributed by atoms with E-state index in [0.29, 0.717) is 23.7 Å². The normalized spacial score (nSPS) is 18.7. The molecule has 1 saturated heterocycles. The average molecular weight is 273 g/mol. The number of likely N-dealkylation sites (tertiary alicyclic amines) is 1. The minimum absolute atomic E-state index is 0.0434. The largest absolute Gasteiger partial charge is 0.384 e. The second kappa shape index (κ2) is 7.04. The number of rotatable bonds is 5. The highest BCUT2D eigenvalue weighted by Gasteiger charge is 2.23. The summed E-state index contributed by atoms with van der Waals surface area (Å²) in [5.41, 5.74) is 1.21. The van der Waals surface area contributed by atoms with Gasteiger partial charge in [0.1, 0.15) is 0 Å². The van der Waals surface area contributed by atoms with Gasteiger partial charge >= 0.3 is 0 Å². The fraction of sp³-hybridized carbons (Fsp3) is 0.467. The van der Waals surface area contributed by atoms with Crippen LogP contribution < -0.4 is 5.32 Å². The molecule has 1 fully saturated rings. The molecule has 20 heavy (non-hydrogen) atoms. The number of nitrogens with one attached hydrogen (secondary N) is 1. The summed E-state index contributed by atoms with van der Waals surface area (Å²) in [7, 11) is 1.71. The summed E-state index contributed by atoms with van der Waals surface area (Å²) in [6.07, 6.45) is 1.07. The van der Waals surface area contributed by atoms with E-state index in [9.17, 15) is 4.79 Å². The van der Waals surface area contributed by atoms with Crippen LogP contribution in [0.1, 0.15) is 12.0 Å². The van der Waals surface area contributed by atoms with Gasteiger partial charge < -0.3 is 10.1 Å². The highest BCUT2D eigenvalue weighted by Crippen LogP contribution is 2.16. The predicted octanol–water partition coefficient (Wildman–Crippen LogP) is 1.47. The van der Waals surface area contributed by atoms with E-state index in [2.05, 4.69) is 16.3 Å². The van der Waals surface area contributed by atoms with Gasteiger partial charge in [-0.2, -0.15) is 5.26 Å². The first-order chi connectivity index (χ1) is 9.71. The molecule has 1 atom stereocenters. The fourth-order valence-corrected chi connectivity index (χ4v) is 2.50. The van der Waals surface area contributed by atoms with Crippen molar-refractivity contribution in [1.82, 2.24) is 4.90 Å². The maximum absolute atomic E-state index is 12.0. The van der Waals surface area contributed by atoms with Crippen LogP contribution in [0.15, 0.2) is 24.3 Å². The molecule has 2 rings (SSSR count). The first-order valence-corrected chi connectivity index (χ1v) is 6.72. The van der Waals surface area contributed by atoms with Crippen molar-refractivity contribution in [3.63, 3.8) is 0 Å². The van der Waals surface area contributed by atoms with Gasteiger partial charge in [-0.25, -0.2) is 0 Å². The molecular weight excluding hydrogens is 254 g/mol. The number of benzene rings is 1. The summed E-state index contributed by atoms with van der Waals surface area (Å²) in [6.45, 7) is 2.97. The van der Waals surface area contributed by atoms with E-state index in [1.165, 1.54) is 0 Å². The maximum atomic E-state index is 12.0. The summed E-state index contributed by atoms with van der Waals surface area (Å²) in [5.74, 6) is 0.480. The van der Waals surface area contributed by atoms with Gasteiger partial charge in [0.2, 0.25) is 5.91 Å². The summed E-state index contributed by atoms with van der Waals surface area (Å²) < 4.78 is 5.14. The minimum atomic E-state index is -0.0434. The molecule has 1 unspecified atom stereocenters. The Kier molecular flexibility index (Phi) is 5.10. The van der Waals surface area contributed by atoms with Gasteiger partial charge in [-0.1, -0.05) is 6.07 Å². The molecule has 0 radical (unpaired) electrons. The standard InChI is InChI=1S/C15H19N3O2/c1-20-11-13-5-6-18(9-13)10-15(19)17-14-4-2-3-12(7-14)8-16/h2-4,7,13H,5-6,9-11H2,1H3,(H,17,19). The molecule has 0 spiro atoms. The van der Waals surface area contributed by atoms with E-state index in [-0.39, 0.29) is 5.91 Å². The lowest BCUT2D eigenvalue weighted by molar-refractivity contribution is -0.117. The lowest BCUT2D eigenvalue weighted by Crippen LogP contribution is -2.32. The molecular formula is C15H19N3O2. The molecule has 0 saturated carbocycles. The first-order valence-electron chi connectivity index (χ1n) is 6.72. The Balaban J connectivity index is 1.82. The summed E-state index contributed by atoms with van der Waals surface area (Å²) in [5, 5.41) is 11.7. The van der Waals surface area contributed by atoms with Crippen molar-refractivity contribution in [2.75, 3.05) is 38.7 Å². The molecule has 1 aliphatic rings. The number of hydrogen-bond donors (Lipinski definition) is 1. The van der Waals surface area contributed by atoms with Crippen molar-refractivity contribution in [3.8, 4) is 6.07 Å². The first kappa shape index (κ1) is 14.5. The zero-order valence-corrected chi connectivity index (χ0v) is 11.6. The molecule has 0 aliphatic carbocycles. The van der Waals surface area contributed by atoms with Gasteiger partial charge in [0.15, 0.2) is 0 Å². The third-order valence-electron chi connectivity index (χ3n) is 3.41. The molecule has 1 aromatic rings. The minimum Gasteiger partial charge on any atom is -0.384 e. The Bertz CT molecular complexity index is 510. The Morgan fingerprint density at radius 3 is 3.20 bits per heavy atom. The van der Waals surface area contributed by atoms with Gasteiger partial charge in [0, 0.05) is 19.3 Å². The molecule has 0 aromatic heterocycles. The van der Waals surface area contributed by atoms with Gasteiger partial charge in [-0.15, -0.1) is 0 Å². The van der Waals surface area contributed by atoms with Crippen molar-refractivity contribution in [3.05, 3.63) is 29.8 Å². The number of hydrogen-bond acceptors (Lipinski definition) is 4. The maximum Gasteiger partial charge on any atom is 0.238 e. The van der Waals surface area contributed by atoms with E-state index in [0.717, 1.165) is 26.1 Å². The summed E-state index contributed by atoms with van der Waals surface area (Å²) in [6, 6.07) is 9.00. The van der Waals surface area contributed by atoms with Crippen LogP contribution in [0, 0.1) is 17.2 Å². The Morgan fingerprint density at radius 2 is 2.45 bits per heavy atom. The predicted molar refractivity (Wildman–Crippen MR) is 76.2 cm³/mol. The quantitative estimate of drug-likeness (QED) is 0.882. The molecule has 1 heterocycles.